The van der Waals surface area contributed by atoms with Gasteiger partial charge in [-0.1, -0.05) is 6.07 Å². The maximum Gasteiger partial charge on any atom is 0.137 e. The summed E-state index contributed by atoms with van der Waals surface area (Å²) in [5, 5.41) is 0. The van der Waals surface area contributed by atoms with E-state index < -0.39 is 0 Å². The first kappa shape index (κ1) is 11.2. The number of hydrogen-bond acceptors (Lipinski definition) is 2. The average Bonchev–Trinajstić information content (AvgIpc) is 2.19. The van der Waals surface area contributed by atoms with Gasteiger partial charge in [0.05, 0.1) is 10.5 Å². The van der Waals surface area contributed by atoms with Gasteiger partial charge in [0.2, 0.25) is 0 Å². The van der Waals surface area contributed by atoms with Gasteiger partial charge in [0.25, 0.3) is 0 Å². The summed E-state index contributed by atoms with van der Waals surface area (Å²) in [6.45, 7) is 0. The first-order valence-electron chi connectivity index (χ1n) is 4.03. The van der Waals surface area contributed by atoms with Crippen molar-refractivity contribution in [1.29, 1.82) is 0 Å². The van der Waals surface area contributed by atoms with Crippen LogP contribution in [0.5, 0.6) is 0 Å². The van der Waals surface area contributed by atoms with Crippen LogP contribution in [-0.4, -0.2) is 0 Å². The SMILES string of the molecule is C#CCC(NN)c1ccc(Br)c(F)c1. The number of hydrogen-bond donors (Lipinski definition) is 2. The summed E-state index contributed by atoms with van der Waals surface area (Å²) < 4.78 is 13.6. The topological polar surface area (TPSA) is 38.0 Å². The zero-order valence-electron chi connectivity index (χ0n) is 7.43. The molecule has 74 valence electrons. The fraction of sp³-hybridized carbons (Fsp3) is 0.200. The van der Waals surface area contributed by atoms with Crippen LogP contribution in [0.3, 0.4) is 0 Å². The van der Waals surface area contributed by atoms with E-state index in [-0.39, 0.29) is 11.9 Å². The van der Waals surface area contributed by atoms with Crippen molar-refractivity contribution >= 4 is 15.9 Å². The molecule has 14 heavy (non-hydrogen) atoms. The van der Waals surface area contributed by atoms with E-state index in [9.17, 15) is 4.39 Å². The number of rotatable bonds is 3. The zero-order valence-corrected chi connectivity index (χ0v) is 9.01. The highest BCUT2D eigenvalue weighted by Crippen LogP contribution is 2.21. The molecule has 3 N–H and O–H groups in total. The van der Waals surface area contributed by atoms with E-state index in [1.807, 2.05) is 0 Å². The Kier molecular flexibility index (Phi) is 4.08. The summed E-state index contributed by atoms with van der Waals surface area (Å²) in [5.41, 5.74) is 3.28. The Labute approximate surface area is 90.8 Å². The molecule has 0 heterocycles. The highest BCUT2D eigenvalue weighted by atomic mass is 79.9. The smallest absolute Gasteiger partial charge is 0.137 e. The van der Waals surface area contributed by atoms with Gasteiger partial charge in [0, 0.05) is 6.42 Å². The molecule has 1 atom stereocenters. The number of nitrogens with two attached hydrogens (primary N) is 1. The standard InChI is InChI=1S/C10H10BrFN2/c1-2-3-10(14-13)7-4-5-8(11)9(12)6-7/h1,4-6,10,14H,3,13H2. The first-order chi connectivity index (χ1) is 6.69. The van der Waals surface area contributed by atoms with Crippen molar-refractivity contribution in [2.75, 3.05) is 0 Å². The van der Waals surface area contributed by atoms with Crippen molar-refractivity contribution in [2.45, 2.75) is 12.5 Å². The number of hydrazine groups is 1. The maximum atomic E-state index is 13.1. The summed E-state index contributed by atoms with van der Waals surface area (Å²) >= 11 is 3.07. The van der Waals surface area contributed by atoms with Crippen molar-refractivity contribution in [3.8, 4) is 12.3 Å². The molecular formula is C10H10BrFN2. The summed E-state index contributed by atoms with van der Waals surface area (Å²) in [5.74, 6) is 7.45. The molecule has 0 aromatic heterocycles. The van der Waals surface area contributed by atoms with E-state index in [0.29, 0.717) is 10.9 Å². The Morgan fingerprint density at radius 3 is 2.86 bits per heavy atom. The summed E-state index contributed by atoms with van der Waals surface area (Å²) in [6.07, 6.45) is 5.59. The van der Waals surface area contributed by atoms with E-state index in [1.54, 1.807) is 12.1 Å². The molecule has 1 rings (SSSR count). The van der Waals surface area contributed by atoms with Crippen molar-refractivity contribution in [1.82, 2.24) is 5.43 Å². The molecule has 0 fully saturated rings. The van der Waals surface area contributed by atoms with Crippen molar-refractivity contribution < 1.29 is 4.39 Å². The quantitative estimate of drug-likeness (QED) is 0.494. The second kappa shape index (κ2) is 5.11. The first-order valence-corrected chi connectivity index (χ1v) is 4.83. The van der Waals surface area contributed by atoms with Gasteiger partial charge in [-0.05, 0) is 33.6 Å². The Morgan fingerprint density at radius 1 is 1.64 bits per heavy atom. The van der Waals surface area contributed by atoms with Gasteiger partial charge in [0.15, 0.2) is 0 Å². The summed E-state index contributed by atoms with van der Waals surface area (Å²) in [4.78, 5) is 0. The van der Waals surface area contributed by atoms with E-state index in [1.165, 1.54) is 6.07 Å². The van der Waals surface area contributed by atoms with Crippen LogP contribution in [-0.2, 0) is 0 Å². The molecule has 1 aromatic rings. The van der Waals surface area contributed by atoms with E-state index >= 15 is 0 Å². The van der Waals surface area contributed by atoms with Crippen LogP contribution in [0, 0.1) is 18.2 Å². The van der Waals surface area contributed by atoms with Gasteiger partial charge in [-0.2, -0.15) is 0 Å². The maximum absolute atomic E-state index is 13.1. The van der Waals surface area contributed by atoms with Crippen LogP contribution in [0.25, 0.3) is 0 Å². The molecule has 0 amide bonds. The van der Waals surface area contributed by atoms with Crippen molar-refractivity contribution in [3.63, 3.8) is 0 Å². The third-order valence-electron chi connectivity index (χ3n) is 1.87. The van der Waals surface area contributed by atoms with E-state index in [4.69, 9.17) is 12.3 Å². The van der Waals surface area contributed by atoms with Gasteiger partial charge in [0.1, 0.15) is 5.82 Å². The van der Waals surface area contributed by atoms with Gasteiger partial charge in [-0.3, -0.25) is 11.3 Å². The Bertz CT molecular complexity index is 360. The Hall–Kier alpha value is -0.890. The molecule has 0 aliphatic rings. The lowest BCUT2D eigenvalue weighted by Crippen LogP contribution is -2.27. The van der Waals surface area contributed by atoms with Crippen LogP contribution in [0.15, 0.2) is 22.7 Å². The lowest BCUT2D eigenvalue weighted by Gasteiger charge is -2.13. The van der Waals surface area contributed by atoms with E-state index in [2.05, 4.69) is 27.3 Å². The molecule has 0 aliphatic heterocycles. The largest absolute Gasteiger partial charge is 0.271 e. The predicted molar refractivity (Wildman–Crippen MR) is 57.6 cm³/mol. The summed E-state index contributed by atoms with van der Waals surface area (Å²) in [7, 11) is 0. The average molecular weight is 257 g/mol. The highest BCUT2D eigenvalue weighted by Gasteiger charge is 2.09. The van der Waals surface area contributed by atoms with Crippen LogP contribution in [0.1, 0.15) is 18.0 Å². The molecule has 0 aliphatic carbocycles. The minimum atomic E-state index is -0.320. The zero-order chi connectivity index (χ0) is 10.6. The number of nitrogens with one attached hydrogen (secondary N) is 1. The Morgan fingerprint density at radius 2 is 2.36 bits per heavy atom. The molecule has 0 radical (unpaired) electrons. The normalized spacial score (nSPS) is 12.1. The molecule has 0 spiro atoms. The number of terminal acetylenes is 1. The lowest BCUT2D eigenvalue weighted by molar-refractivity contribution is 0.557. The van der Waals surface area contributed by atoms with Crippen molar-refractivity contribution in [3.05, 3.63) is 34.1 Å². The lowest BCUT2D eigenvalue weighted by atomic mass is 10.1. The number of halogens is 2. The van der Waals surface area contributed by atoms with Crippen LogP contribution < -0.4 is 11.3 Å². The molecule has 4 heteroatoms. The van der Waals surface area contributed by atoms with Crippen LogP contribution >= 0.6 is 15.9 Å². The highest BCUT2D eigenvalue weighted by molar-refractivity contribution is 9.10. The van der Waals surface area contributed by atoms with Crippen LogP contribution in [0.2, 0.25) is 0 Å². The summed E-state index contributed by atoms with van der Waals surface area (Å²) in [6, 6.07) is 4.61. The van der Waals surface area contributed by atoms with Crippen molar-refractivity contribution in [2.24, 2.45) is 5.84 Å². The second-order valence-electron chi connectivity index (χ2n) is 2.80. The van der Waals surface area contributed by atoms with Gasteiger partial charge in [-0.15, -0.1) is 12.3 Å². The molecule has 0 saturated carbocycles. The molecular weight excluding hydrogens is 247 g/mol. The fourth-order valence-corrected chi connectivity index (χ4v) is 1.37. The van der Waals surface area contributed by atoms with Gasteiger partial charge < -0.3 is 0 Å². The number of benzene rings is 1. The van der Waals surface area contributed by atoms with E-state index in [0.717, 1.165) is 5.56 Å². The molecule has 1 unspecified atom stereocenters. The van der Waals surface area contributed by atoms with Crippen LogP contribution in [0.4, 0.5) is 4.39 Å². The third kappa shape index (κ3) is 2.55. The molecule has 2 nitrogen and oxygen atoms in total. The predicted octanol–water partition coefficient (Wildman–Crippen LogP) is 2.12. The fourth-order valence-electron chi connectivity index (χ4n) is 1.12. The Balaban J connectivity index is 2.95. The molecule has 0 saturated heterocycles. The van der Waals surface area contributed by atoms with Gasteiger partial charge in [-0.25, -0.2) is 4.39 Å². The second-order valence-corrected chi connectivity index (χ2v) is 3.66. The molecule has 1 aromatic carbocycles. The third-order valence-corrected chi connectivity index (χ3v) is 2.51. The minimum absolute atomic E-state index is 0.206. The van der Waals surface area contributed by atoms with Gasteiger partial charge >= 0.3 is 0 Å². The molecule has 0 bridgehead atoms. The monoisotopic (exact) mass is 256 g/mol. The minimum Gasteiger partial charge on any atom is -0.271 e.